The Morgan fingerprint density at radius 1 is 1.20 bits per heavy atom. The number of carbonyl (C=O) groups excluding carboxylic acids is 1. The molecule has 5 rings (SSSR count). The molecule has 2 aromatic carbocycles. The lowest BCUT2D eigenvalue weighted by Gasteiger charge is -2.17. The van der Waals surface area contributed by atoms with Crippen molar-refractivity contribution < 1.29 is 4.79 Å². The van der Waals surface area contributed by atoms with E-state index in [9.17, 15) is 4.79 Å². The third-order valence-corrected chi connectivity index (χ3v) is 6.03. The lowest BCUT2D eigenvalue weighted by molar-refractivity contribution is -0.117. The van der Waals surface area contributed by atoms with Gasteiger partial charge in [0, 0.05) is 54.4 Å². The molecule has 9 heteroatoms. The number of carbonyl (C=O) groups is 1. The minimum Gasteiger partial charge on any atom is -0.313 e. The molecule has 0 aliphatic carbocycles. The predicted molar refractivity (Wildman–Crippen MR) is 128 cm³/mol. The number of aromatic nitrogens is 1. The Bertz CT molecular complexity index is 932. The number of alkyl halides is 2. The van der Waals surface area contributed by atoms with Crippen LogP contribution in [0.1, 0.15) is 5.56 Å². The summed E-state index contributed by atoms with van der Waals surface area (Å²) in [5, 5.41) is 8.11. The first-order chi connectivity index (χ1) is 14.6. The van der Waals surface area contributed by atoms with Gasteiger partial charge in [-0.3, -0.25) is 10.1 Å². The van der Waals surface area contributed by atoms with E-state index in [1.165, 1.54) is 21.6 Å². The first-order valence-electron chi connectivity index (χ1n) is 9.61. The van der Waals surface area contributed by atoms with Gasteiger partial charge in [0.25, 0.3) is 0 Å². The van der Waals surface area contributed by atoms with E-state index < -0.39 is 0 Å². The zero-order valence-corrected chi connectivity index (χ0v) is 19.4. The van der Waals surface area contributed by atoms with E-state index in [4.69, 9.17) is 34.8 Å². The second-order valence-electron chi connectivity index (χ2n) is 6.67. The molecule has 0 radical (unpaired) electrons. The van der Waals surface area contributed by atoms with Crippen LogP contribution in [0.2, 0.25) is 5.02 Å². The molecule has 1 unspecified atom stereocenters. The Morgan fingerprint density at radius 2 is 2.03 bits per heavy atom. The summed E-state index contributed by atoms with van der Waals surface area (Å²) in [6, 6.07) is 13.7. The normalized spacial score (nSPS) is 17.6. The summed E-state index contributed by atoms with van der Waals surface area (Å²) < 4.78 is 5.30. The largest absolute Gasteiger partial charge is 0.313 e. The summed E-state index contributed by atoms with van der Waals surface area (Å²) in [5.74, 6) is 0.542. The quantitative estimate of drug-likeness (QED) is 0.414. The van der Waals surface area contributed by atoms with Crippen molar-refractivity contribution in [1.29, 1.82) is 0 Å². The number of nitrogens with zero attached hydrogens (tertiary/aromatic N) is 2. The van der Waals surface area contributed by atoms with E-state index in [0.717, 1.165) is 30.9 Å². The number of hydrogen-bond donors (Lipinski definition) is 2. The van der Waals surface area contributed by atoms with Crippen LogP contribution in [0.3, 0.4) is 0 Å². The Labute approximate surface area is 195 Å². The molecule has 3 aromatic rings. The molecule has 30 heavy (non-hydrogen) atoms. The van der Waals surface area contributed by atoms with Crippen molar-refractivity contribution >= 4 is 68.0 Å². The number of nitrogens with one attached hydrogen (secondary N) is 2. The summed E-state index contributed by atoms with van der Waals surface area (Å²) in [5.41, 5.74) is 2.08. The molecular formula is C21H23Cl3N4OS. The summed E-state index contributed by atoms with van der Waals surface area (Å²) >= 11 is 18.7. The number of hydrogen-bond acceptors (Lipinski definition) is 5. The predicted octanol–water partition coefficient (Wildman–Crippen LogP) is 4.51. The van der Waals surface area contributed by atoms with Crippen LogP contribution in [0.5, 0.6) is 0 Å². The molecule has 3 heterocycles. The van der Waals surface area contributed by atoms with E-state index in [0.29, 0.717) is 23.9 Å². The Kier molecular flexibility index (Phi) is 9.18. The van der Waals surface area contributed by atoms with Crippen LogP contribution >= 0.6 is 46.3 Å². The number of halogens is 3. The van der Waals surface area contributed by atoms with Gasteiger partial charge in [-0.05, 0) is 35.3 Å². The number of rotatable bonds is 2. The van der Waals surface area contributed by atoms with Gasteiger partial charge in [-0.15, -0.1) is 23.2 Å². The van der Waals surface area contributed by atoms with Gasteiger partial charge in [0.05, 0.1) is 16.6 Å². The average molecular weight is 486 g/mol. The highest BCUT2D eigenvalue weighted by Crippen LogP contribution is 2.31. The fourth-order valence-electron chi connectivity index (χ4n) is 3.09. The van der Waals surface area contributed by atoms with Gasteiger partial charge in [-0.2, -0.15) is 4.37 Å². The standard InChI is InChI=1S/C10H9Cl2NO.C7H5NS.C4H9ClN2/c11-3-4-13-9-6-8(12)2-1-7(9)5-10(13)14;1-2-4-7-6(3-1)5-8-9-7;5-4-3-6-1-2-7-4/h1-2,6H,3-5H2;1-5H;4,6-7H,1-3H2. The molecule has 1 fully saturated rings. The molecule has 0 spiro atoms. The lowest BCUT2D eigenvalue weighted by atomic mass is 10.2. The molecule has 0 saturated carbocycles. The third-order valence-electron chi connectivity index (χ3n) is 4.54. The van der Waals surface area contributed by atoms with E-state index in [1.807, 2.05) is 30.5 Å². The summed E-state index contributed by atoms with van der Waals surface area (Å²) in [6.07, 6.45) is 2.35. The van der Waals surface area contributed by atoms with E-state index in [-0.39, 0.29) is 11.4 Å². The number of benzene rings is 2. The van der Waals surface area contributed by atoms with Crippen molar-refractivity contribution in [1.82, 2.24) is 15.0 Å². The first kappa shape index (κ1) is 23.3. The van der Waals surface area contributed by atoms with Crippen molar-refractivity contribution in [3.63, 3.8) is 0 Å². The van der Waals surface area contributed by atoms with Crippen molar-refractivity contribution in [2.24, 2.45) is 0 Å². The highest BCUT2D eigenvalue weighted by atomic mass is 35.5. The van der Waals surface area contributed by atoms with Gasteiger partial charge in [0.15, 0.2) is 0 Å². The Morgan fingerprint density at radius 3 is 2.70 bits per heavy atom. The van der Waals surface area contributed by atoms with E-state index in [1.54, 1.807) is 11.0 Å². The van der Waals surface area contributed by atoms with Crippen LogP contribution in [0, 0.1) is 0 Å². The molecule has 160 valence electrons. The zero-order valence-electron chi connectivity index (χ0n) is 16.3. The molecule has 2 aliphatic rings. The van der Waals surface area contributed by atoms with Gasteiger partial charge in [-0.25, -0.2) is 0 Å². The Hall–Kier alpha value is -1.41. The van der Waals surface area contributed by atoms with Crippen LogP contribution in [-0.2, 0) is 11.2 Å². The first-order valence-corrected chi connectivity index (χ1v) is 11.7. The van der Waals surface area contributed by atoms with Gasteiger partial charge >= 0.3 is 0 Å². The van der Waals surface area contributed by atoms with E-state index >= 15 is 0 Å². The molecule has 2 aliphatic heterocycles. The van der Waals surface area contributed by atoms with Gasteiger partial charge in [0.2, 0.25) is 5.91 Å². The highest BCUT2D eigenvalue weighted by Gasteiger charge is 2.26. The zero-order chi connectivity index (χ0) is 21.3. The van der Waals surface area contributed by atoms with Gasteiger partial charge < -0.3 is 10.2 Å². The number of piperazine rings is 1. The molecule has 1 saturated heterocycles. The van der Waals surface area contributed by atoms with E-state index in [2.05, 4.69) is 27.1 Å². The lowest BCUT2D eigenvalue weighted by Crippen LogP contribution is -2.45. The fourth-order valence-corrected chi connectivity index (χ4v) is 4.29. The maximum Gasteiger partial charge on any atom is 0.231 e. The van der Waals surface area contributed by atoms with Crippen LogP contribution in [0.25, 0.3) is 10.1 Å². The maximum absolute atomic E-state index is 11.6. The third kappa shape index (κ3) is 6.54. The molecule has 1 atom stereocenters. The summed E-state index contributed by atoms with van der Waals surface area (Å²) in [7, 11) is 0. The number of fused-ring (bicyclic) bond motifs is 2. The second kappa shape index (κ2) is 11.8. The smallest absolute Gasteiger partial charge is 0.231 e. The number of anilines is 1. The molecule has 2 N–H and O–H groups in total. The van der Waals surface area contributed by atoms with Crippen molar-refractivity contribution in [2.75, 3.05) is 37.0 Å². The second-order valence-corrected chi connectivity index (χ2v) is 8.85. The van der Waals surface area contributed by atoms with Crippen LogP contribution < -0.4 is 15.5 Å². The topological polar surface area (TPSA) is 57.3 Å². The van der Waals surface area contributed by atoms with Crippen LogP contribution in [0.15, 0.2) is 48.7 Å². The van der Waals surface area contributed by atoms with Crippen LogP contribution in [0.4, 0.5) is 5.69 Å². The van der Waals surface area contributed by atoms with Crippen molar-refractivity contribution in [3.05, 3.63) is 59.2 Å². The average Bonchev–Trinajstić information content (AvgIpc) is 3.35. The minimum atomic E-state index is 0.0999. The summed E-state index contributed by atoms with van der Waals surface area (Å²) in [6.45, 7) is 3.48. The minimum absolute atomic E-state index is 0.0999. The SMILES string of the molecule is ClC1CNCCN1.O=C1Cc2ccc(Cl)cc2N1CCCl.c1ccc2sncc2c1. The molecular weight excluding hydrogens is 463 g/mol. The van der Waals surface area contributed by atoms with Crippen molar-refractivity contribution in [2.45, 2.75) is 11.9 Å². The Balaban J connectivity index is 0.000000137. The molecule has 1 aromatic heterocycles. The fraction of sp³-hybridized carbons (Fsp3) is 0.333. The van der Waals surface area contributed by atoms with Crippen LogP contribution in [-0.4, -0.2) is 47.8 Å². The highest BCUT2D eigenvalue weighted by molar-refractivity contribution is 7.13. The number of amides is 1. The van der Waals surface area contributed by atoms with Gasteiger partial charge in [-0.1, -0.05) is 35.9 Å². The molecule has 1 amide bonds. The molecule has 5 nitrogen and oxygen atoms in total. The van der Waals surface area contributed by atoms with Crippen molar-refractivity contribution in [3.8, 4) is 0 Å². The monoisotopic (exact) mass is 484 g/mol. The summed E-state index contributed by atoms with van der Waals surface area (Å²) in [4.78, 5) is 13.2. The van der Waals surface area contributed by atoms with Gasteiger partial charge in [0.1, 0.15) is 0 Å². The maximum atomic E-state index is 11.6. The molecule has 0 bridgehead atoms.